The zero-order chi connectivity index (χ0) is 9.68. The number of nitrogens with one attached hydrogen (secondary N) is 1. The molecule has 1 fully saturated rings. The highest BCUT2D eigenvalue weighted by atomic mass is 15.1. The van der Waals surface area contributed by atoms with Crippen molar-refractivity contribution in [2.45, 2.75) is 39.2 Å². The molecule has 1 aliphatic rings. The molecule has 2 unspecified atom stereocenters. The van der Waals surface area contributed by atoms with Crippen molar-refractivity contribution in [1.29, 1.82) is 0 Å². The molecule has 78 valence electrons. The van der Waals surface area contributed by atoms with E-state index >= 15 is 0 Å². The van der Waals surface area contributed by atoms with Gasteiger partial charge in [0.05, 0.1) is 0 Å². The van der Waals surface area contributed by atoms with E-state index in [1.807, 2.05) is 7.05 Å². The van der Waals surface area contributed by atoms with E-state index in [-0.39, 0.29) is 0 Å². The normalized spacial score (nSPS) is 26.5. The fourth-order valence-corrected chi connectivity index (χ4v) is 1.97. The quantitative estimate of drug-likeness (QED) is 0.700. The van der Waals surface area contributed by atoms with Gasteiger partial charge in [0.15, 0.2) is 0 Å². The van der Waals surface area contributed by atoms with Crippen molar-refractivity contribution in [2.24, 2.45) is 5.92 Å². The Balaban J connectivity index is 2.10. The van der Waals surface area contributed by atoms with E-state index in [0.717, 1.165) is 5.92 Å². The van der Waals surface area contributed by atoms with E-state index in [1.54, 1.807) is 0 Å². The third-order valence-corrected chi connectivity index (χ3v) is 3.32. The molecule has 0 aromatic heterocycles. The van der Waals surface area contributed by atoms with Gasteiger partial charge in [-0.05, 0) is 45.8 Å². The van der Waals surface area contributed by atoms with Gasteiger partial charge >= 0.3 is 0 Å². The molecule has 0 spiro atoms. The highest BCUT2D eigenvalue weighted by Gasteiger charge is 2.20. The van der Waals surface area contributed by atoms with E-state index in [1.165, 1.54) is 38.9 Å². The van der Waals surface area contributed by atoms with Gasteiger partial charge in [-0.1, -0.05) is 13.3 Å². The van der Waals surface area contributed by atoms with Crippen LogP contribution in [0.15, 0.2) is 0 Å². The Morgan fingerprint density at radius 1 is 1.54 bits per heavy atom. The topological polar surface area (TPSA) is 15.3 Å². The van der Waals surface area contributed by atoms with E-state index in [4.69, 9.17) is 0 Å². The number of rotatable bonds is 5. The van der Waals surface area contributed by atoms with E-state index < -0.39 is 0 Å². The first-order valence-corrected chi connectivity index (χ1v) is 5.65. The molecule has 0 aliphatic carbocycles. The van der Waals surface area contributed by atoms with Crippen molar-refractivity contribution in [1.82, 2.24) is 10.2 Å². The molecule has 0 radical (unpaired) electrons. The number of likely N-dealkylation sites (tertiary alicyclic amines) is 1. The zero-order valence-electron chi connectivity index (χ0n) is 9.34. The van der Waals surface area contributed by atoms with Crippen LogP contribution < -0.4 is 5.32 Å². The molecule has 1 rings (SSSR count). The lowest BCUT2D eigenvalue weighted by Crippen LogP contribution is -2.29. The largest absolute Gasteiger partial charge is 0.317 e. The van der Waals surface area contributed by atoms with Gasteiger partial charge in [0.2, 0.25) is 0 Å². The van der Waals surface area contributed by atoms with Gasteiger partial charge in [-0.3, -0.25) is 0 Å². The Labute approximate surface area is 82.7 Å². The summed E-state index contributed by atoms with van der Waals surface area (Å²) in [7, 11) is 2.05. The Kier molecular flexibility index (Phi) is 4.74. The van der Waals surface area contributed by atoms with Crippen LogP contribution >= 0.6 is 0 Å². The number of nitrogens with zero attached hydrogens (tertiary/aromatic N) is 1. The minimum Gasteiger partial charge on any atom is -0.317 e. The summed E-state index contributed by atoms with van der Waals surface area (Å²) in [5.41, 5.74) is 0. The van der Waals surface area contributed by atoms with Crippen LogP contribution in [0.5, 0.6) is 0 Å². The fourth-order valence-electron chi connectivity index (χ4n) is 1.97. The third kappa shape index (κ3) is 3.65. The molecule has 0 aromatic carbocycles. The fraction of sp³-hybridized carbons (Fsp3) is 1.00. The van der Waals surface area contributed by atoms with Crippen molar-refractivity contribution in [3.63, 3.8) is 0 Å². The van der Waals surface area contributed by atoms with Crippen LogP contribution in [0.1, 0.15) is 33.1 Å². The second kappa shape index (κ2) is 5.61. The second-order valence-electron chi connectivity index (χ2n) is 4.34. The van der Waals surface area contributed by atoms with Gasteiger partial charge in [0.1, 0.15) is 0 Å². The highest BCUT2D eigenvalue weighted by Crippen LogP contribution is 2.18. The van der Waals surface area contributed by atoms with Gasteiger partial charge in [0, 0.05) is 12.6 Å². The first-order valence-electron chi connectivity index (χ1n) is 5.65. The molecule has 13 heavy (non-hydrogen) atoms. The predicted octanol–water partition coefficient (Wildman–Crippen LogP) is 1.72. The molecule has 1 N–H and O–H groups in total. The first-order chi connectivity index (χ1) is 6.26. The van der Waals surface area contributed by atoms with E-state index in [0.29, 0.717) is 6.04 Å². The Bertz CT molecular complexity index is 136. The average Bonchev–Trinajstić information content (AvgIpc) is 2.61. The molecule has 0 bridgehead atoms. The summed E-state index contributed by atoms with van der Waals surface area (Å²) in [4.78, 5) is 2.61. The third-order valence-electron chi connectivity index (χ3n) is 3.32. The van der Waals surface area contributed by atoms with Crippen LogP contribution in [-0.2, 0) is 0 Å². The first kappa shape index (κ1) is 11.0. The Morgan fingerprint density at radius 3 is 2.85 bits per heavy atom. The highest BCUT2D eigenvalue weighted by molar-refractivity contribution is 4.75. The number of hydrogen-bond acceptors (Lipinski definition) is 2. The maximum Gasteiger partial charge on any atom is 0.00479 e. The van der Waals surface area contributed by atoms with Crippen LogP contribution in [-0.4, -0.2) is 37.6 Å². The van der Waals surface area contributed by atoms with Crippen molar-refractivity contribution >= 4 is 0 Å². The summed E-state index contributed by atoms with van der Waals surface area (Å²) < 4.78 is 0. The SMILES string of the molecule is CCC1CCN(CCC(C)NC)C1. The van der Waals surface area contributed by atoms with Gasteiger partial charge < -0.3 is 10.2 Å². The number of hydrogen-bond donors (Lipinski definition) is 1. The van der Waals surface area contributed by atoms with Gasteiger partial charge in [-0.2, -0.15) is 0 Å². The second-order valence-corrected chi connectivity index (χ2v) is 4.34. The average molecular weight is 184 g/mol. The van der Waals surface area contributed by atoms with Gasteiger partial charge in [-0.15, -0.1) is 0 Å². The van der Waals surface area contributed by atoms with Crippen LogP contribution in [0, 0.1) is 5.92 Å². The van der Waals surface area contributed by atoms with E-state index in [9.17, 15) is 0 Å². The van der Waals surface area contributed by atoms with Gasteiger partial charge in [-0.25, -0.2) is 0 Å². The molecule has 1 saturated heterocycles. The minimum absolute atomic E-state index is 0.667. The standard InChI is InChI=1S/C11H24N2/c1-4-11-6-8-13(9-11)7-5-10(2)12-3/h10-12H,4-9H2,1-3H3. The monoisotopic (exact) mass is 184 g/mol. The van der Waals surface area contributed by atoms with Crippen molar-refractivity contribution < 1.29 is 0 Å². The zero-order valence-corrected chi connectivity index (χ0v) is 9.34. The molecular formula is C11H24N2. The summed E-state index contributed by atoms with van der Waals surface area (Å²) in [6, 6.07) is 0.667. The summed E-state index contributed by atoms with van der Waals surface area (Å²) in [5, 5.41) is 3.29. The predicted molar refractivity (Wildman–Crippen MR) is 58.0 cm³/mol. The van der Waals surface area contributed by atoms with Crippen LogP contribution in [0.4, 0.5) is 0 Å². The maximum absolute atomic E-state index is 3.29. The summed E-state index contributed by atoms with van der Waals surface area (Å²) in [6.07, 6.45) is 4.06. The van der Waals surface area contributed by atoms with Gasteiger partial charge in [0.25, 0.3) is 0 Å². The Morgan fingerprint density at radius 2 is 2.31 bits per heavy atom. The van der Waals surface area contributed by atoms with Crippen molar-refractivity contribution in [2.75, 3.05) is 26.7 Å². The summed E-state index contributed by atoms with van der Waals surface area (Å²) in [5.74, 6) is 0.977. The molecule has 0 aromatic rings. The molecule has 2 heteroatoms. The Hall–Kier alpha value is -0.0800. The molecule has 0 amide bonds. The summed E-state index contributed by atoms with van der Waals surface area (Å²) in [6.45, 7) is 8.51. The molecular weight excluding hydrogens is 160 g/mol. The molecule has 2 atom stereocenters. The lowest BCUT2D eigenvalue weighted by atomic mass is 10.1. The molecule has 1 heterocycles. The van der Waals surface area contributed by atoms with Crippen LogP contribution in [0.25, 0.3) is 0 Å². The minimum atomic E-state index is 0.667. The van der Waals surface area contributed by atoms with Crippen LogP contribution in [0.3, 0.4) is 0 Å². The molecule has 0 saturated carbocycles. The lowest BCUT2D eigenvalue weighted by Gasteiger charge is -2.18. The van der Waals surface area contributed by atoms with Crippen molar-refractivity contribution in [3.8, 4) is 0 Å². The smallest absolute Gasteiger partial charge is 0.00479 e. The molecule has 1 aliphatic heterocycles. The van der Waals surface area contributed by atoms with Crippen LogP contribution in [0.2, 0.25) is 0 Å². The summed E-state index contributed by atoms with van der Waals surface area (Å²) >= 11 is 0. The maximum atomic E-state index is 3.29. The molecule has 2 nitrogen and oxygen atoms in total. The van der Waals surface area contributed by atoms with E-state index in [2.05, 4.69) is 24.1 Å². The van der Waals surface area contributed by atoms with Crippen molar-refractivity contribution in [3.05, 3.63) is 0 Å². The lowest BCUT2D eigenvalue weighted by molar-refractivity contribution is 0.304.